The van der Waals surface area contributed by atoms with E-state index < -0.39 is 0 Å². The number of ether oxygens (including phenoxy) is 1. The molecule has 1 aromatic rings. The predicted octanol–water partition coefficient (Wildman–Crippen LogP) is 1.58. The first kappa shape index (κ1) is 14.6. The van der Waals surface area contributed by atoms with Gasteiger partial charge in [-0.05, 0) is 25.7 Å². The summed E-state index contributed by atoms with van der Waals surface area (Å²) in [6, 6.07) is 0. The van der Waals surface area contributed by atoms with Crippen molar-refractivity contribution < 1.29 is 9.53 Å². The summed E-state index contributed by atoms with van der Waals surface area (Å²) >= 11 is 1.41. The summed E-state index contributed by atoms with van der Waals surface area (Å²) < 4.78 is 5.58. The van der Waals surface area contributed by atoms with Crippen LogP contribution in [-0.4, -0.2) is 55.2 Å². The van der Waals surface area contributed by atoms with E-state index in [-0.39, 0.29) is 12.0 Å². The van der Waals surface area contributed by atoms with Gasteiger partial charge >= 0.3 is 0 Å². The van der Waals surface area contributed by atoms with Gasteiger partial charge in [0.2, 0.25) is 0 Å². The Balaban J connectivity index is 1.68. The average molecular weight is 310 g/mol. The second-order valence-corrected chi connectivity index (χ2v) is 6.70. The smallest absolute Gasteiger partial charge is 0.267 e. The third kappa shape index (κ3) is 3.13. The SMILES string of the molecule is CN(CC1CCCO1)C(=O)c1sc(N2CCCC2)nc1N. The van der Waals surface area contributed by atoms with Gasteiger partial charge in [-0.25, -0.2) is 4.98 Å². The molecule has 7 heteroatoms. The molecular weight excluding hydrogens is 288 g/mol. The minimum Gasteiger partial charge on any atom is -0.382 e. The van der Waals surface area contributed by atoms with Crippen LogP contribution in [0.2, 0.25) is 0 Å². The van der Waals surface area contributed by atoms with Crippen molar-refractivity contribution in [2.24, 2.45) is 0 Å². The predicted molar refractivity (Wildman–Crippen MR) is 83.9 cm³/mol. The number of carbonyl (C=O) groups excluding carboxylic acids is 1. The number of nitrogens with zero attached hydrogens (tertiary/aromatic N) is 3. The molecule has 1 unspecified atom stereocenters. The summed E-state index contributed by atoms with van der Waals surface area (Å²) in [5, 5.41) is 0.874. The summed E-state index contributed by atoms with van der Waals surface area (Å²) in [6.07, 6.45) is 4.62. The van der Waals surface area contributed by atoms with E-state index in [1.54, 1.807) is 11.9 Å². The van der Waals surface area contributed by atoms with Gasteiger partial charge in [0, 0.05) is 33.3 Å². The molecule has 0 spiro atoms. The number of amides is 1. The Kier molecular flexibility index (Phi) is 4.30. The maximum absolute atomic E-state index is 12.5. The maximum atomic E-state index is 12.5. The van der Waals surface area contributed by atoms with Crippen molar-refractivity contribution in [3.05, 3.63) is 4.88 Å². The van der Waals surface area contributed by atoms with E-state index in [0.29, 0.717) is 17.2 Å². The summed E-state index contributed by atoms with van der Waals surface area (Å²) in [7, 11) is 1.80. The molecule has 2 fully saturated rings. The highest BCUT2D eigenvalue weighted by Gasteiger charge is 2.26. The summed E-state index contributed by atoms with van der Waals surface area (Å²) in [4.78, 5) is 21.4. The van der Waals surface area contributed by atoms with E-state index in [4.69, 9.17) is 10.5 Å². The Labute approximate surface area is 128 Å². The topological polar surface area (TPSA) is 71.7 Å². The van der Waals surface area contributed by atoms with E-state index in [2.05, 4.69) is 9.88 Å². The fourth-order valence-corrected chi connectivity index (χ4v) is 3.90. The first-order valence-electron chi connectivity index (χ1n) is 7.53. The molecule has 1 atom stereocenters. The average Bonchev–Trinajstić information content (AvgIpc) is 3.18. The Bertz CT molecular complexity index is 507. The lowest BCUT2D eigenvalue weighted by molar-refractivity contribution is 0.0591. The van der Waals surface area contributed by atoms with Gasteiger partial charge in [0.15, 0.2) is 5.13 Å². The van der Waals surface area contributed by atoms with Crippen molar-refractivity contribution in [1.29, 1.82) is 0 Å². The molecule has 3 heterocycles. The number of likely N-dealkylation sites (N-methyl/N-ethyl adjacent to an activating group) is 1. The molecule has 2 aliphatic heterocycles. The second-order valence-electron chi connectivity index (χ2n) is 5.73. The molecule has 1 amide bonds. The molecule has 116 valence electrons. The van der Waals surface area contributed by atoms with Crippen LogP contribution in [0.4, 0.5) is 10.9 Å². The molecule has 0 saturated carbocycles. The zero-order valence-corrected chi connectivity index (χ0v) is 13.2. The third-order valence-corrected chi connectivity index (χ3v) is 5.18. The first-order valence-corrected chi connectivity index (χ1v) is 8.35. The first-order chi connectivity index (χ1) is 10.1. The molecule has 0 radical (unpaired) electrons. The molecular formula is C14H22N4O2S. The largest absolute Gasteiger partial charge is 0.382 e. The van der Waals surface area contributed by atoms with E-state index in [1.807, 2.05) is 0 Å². The summed E-state index contributed by atoms with van der Waals surface area (Å²) in [5.74, 6) is 0.303. The zero-order valence-electron chi connectivity index (χ0n) is 12.4. The molecule has 6 nitrogen and oxygen atoms in total. The molecule has 2 N–H and O–H groups in total. The quantitative estimate of drug-likeness (QED) is 0.914. The second kappa shape index (κ2) is 6.19. The van der Waals surface area contributed by atoms with Crippen LogP contribution < -0.4 is 10.6 Å². The lowest BCUT2D eigenvalue weighted by atomic mass is 10.2. The van der Waals surface area contributed by atoms with E-state index in [1.165, 1.54) is 24.2 Å². The van der Waals surface area contributed by atoms with Crippen LogP contribution in [-0.2, 0) is 4.74 Å². The molecule has 0 aromatic carbocycles. The fourth-order valence-electron chi connectivity index (χ4n) is 2.87. The van der Waals surface area contributed by atoms with Crippen LogP contribution in [0.1, 0.15) is 35.4 Å². The van der Waals surface area contributed by atoms with Gasteiger partial charge in [-0.1, -0.05) is 11.3 Å². The lowest BCUT2D eigenvalue weighted by Gasteiger charge is -2.20. The number of carbonyl (C=O) groups is 1. The monoisotopic (exact) mass is 310 g/mol. The zero-order chi connectivity index (χ0) is 14.8. The fraction of sp³-hybridized carbons (Fsp3) is 0.714. The van der Waals surface area contributed by atoms with Gasteiger partial charge in [0.25, 0.3) is 5.91 Å². The number of nitrogen functional groups attached to an aromatic ring is 1. The highest BCUT2D eigenvalue weighted by molar-refractivity contribution is 7.18. The van der Waals surface area contributed by atoms with Crippen LogP contribution >= 0.6 is 11.3 Å². The van der Waals surface area contributed by atoms with Crippen LogP contribution in [0.5, 0.6) is 0 Å². The summed E-state index contributed by atoms with van der Waals surface area (Å²) in [5.41, 5.74) is 5.95. The third-order valence-electron chi connectivity index (χ3n) is 4.06. The molecule has 1 aromatic heterocycles. The van der Waals surface area contributed by atoms with Crippen molar-refractivity contribution in [2.75, 3.05) is 43.9 Å². The Morgan fingerprint density at radius 2 is 2.24 bits per heavy atom. The molecule has 0 aliphatic carbocycles. The standard InChI is InChI=1S/C14H22N4O2S/c1-17(9-10-5-4-8-20-10)13(19)11-12(15)16-14(21-11)18-6-2-3-7-18/h10H,2-9,15H2,1H3. The van der Waals surface area contributed by atoms with Crippen molar-refractivity contribution in [1.82, 2.24) is 9.88 Å². The number of thiazole rings is 1. The minimum atomic E-state index is -0.0500. The molecule has 3 rings (SSSR count). The molecule has 0 bridgehead atoms. The molecule has 21 heavy (non-hydrogen) atoms. The Morgan fingerprint density at radius 1 is 1.48 bits per heavy atom. The van der Waals surface area contributed by atoms with Gasteiger partial charge in [0.1, 0.15) is 10.7 Å². The normalized spacial score (nSPS) is 22.0. The van der Waals surface area contributed by atoms with Gasteiger partial charge in [-0.15, -0.1) is 0 Å². The Hall–Kier alpha value is -1.34. The minimum absolute atomic E-state index is 0.0500. The number of hydrogen-bond donors (Lipinski definition) is 1. The van der Waals surface area contributed by atoms with Crippen LogP contribution in [0.3, 0.4) is 0 Å². The van der Waals surface area contributed by atoms with E-state index in [0.717, 1.165) is 37.7 Å². The maximum Gasteiger partial charge on any atom is 0.267 e. The number of aromatic nitrogens is 1. The van der Waals surface area contributed by atoms with Crippen LogP contribution in [0.15, 0.2) is 0 Å². The number of anilines is 2. The van der Waals surface area contributed by atoms with E-state index in [9.17, 15) is 4.79 Å². The number of rotatable bonds is 4. The summed E-state index contributed by atoms with van der Waals surface area (Å²) in [6.45, 7) is 3.43. The molecule has 2 aliphatic rings. The number of hydrogen-bond acceptors (Lipinski definition) is 6. The highest BCUT2D eigenvalue weighted by Crippen LogP contribution is 2.31. The van der Waals surface area contributed by atoms with E-state index >= 15 is 0 Å². The number of nitrogens with two attached hydrogens (primary N) is 1. The van der Waals surface area contributed by atoms with Crippen molar-refractivity contribution in [3.63, 3.8) is 0 Å². The van der Waals surface area contributed by atoms with Crippen LogP contribution in [0, 0.1) is 0 Å². The van der Waals surface area contributed by atoms with Crippen LogP contribution in [0.25, 0.3) is 0 Å². The van der Waals surface area contributed by atoms with Crippen molar-refractivity contribution >= 4 is 28.2 Å². The Morgan fingerprint density at radius 3 is 2.90 bits per heavy atom. The van der Waals surface area contributed by atoms with Gasteiger partial charge in [-0.2, -0.15) is 0 Å². The lowest BCUT2D eigenvalue weighted by Crippen LogP contribution is -2.34. The van der Waals surface area contributed by atoms with Gasteiger partial charge in [0.05, 0.1) is 6.10 Å². The van der Waals surface area contributed by atoms with Gasteiger partial charge in [-0.3, -0.25) is 4.79 Å². The van der Waals surface area contributed by atoms with Crippen molar-refractivity contribution in [3.8, 4) is 0 Å². The van der Waals surface area contributed by atoms with Gasteiger partial charge < -0.3 is 20.3 Å². The highest BCUT2D eigenvalue weighted by atomic mass is 32.1. The molecule has 2 saturated heterocycles. The van der Waals surface area contributed by atoms with Crippen molar-refractivity contribution in [2.45, 2.75) is 31.8 Å².